The first-order chi connectivity index (χ1) is 16.4. The molecule has 0 aliphatic heterocycles. The van der Waals surface area contributed by atoms with Crippen LogP contribution in [0.4, 0.5) is 13.6 Å². The number of fused-ring (bicyclic) bond motifs is 1. The molecule has 1 atom stereocenters. The number of benzene rings is 2. The van der Waals surface area contributed by atoms with Gasteiger partial charge in [-0.1, -0.05) is 24.3 Å². The van der Waals surface area contributed by atoms with Crippen molar-refractivity contribution >= 4 is 16.9 Å². The molecule has 1 aliphatic rings. The first kappa shape index (κ1) is 21.7. The number of aromatic nitrogens is 3. The summed E-state index contributed by atoms with van der Waals surface area (Å²) < 4.78 is 35.4. The summed E-state index contributed by atoms with van der Waals surface area (Å²) in [5.74, 6) is -0.939. The Balaban J connectivity index is 1.56. The zero-order valence-electron chi connectivity index (χ0n) is 18.2. The highest BCUT2D eigenvalue weighted by molar-refractivity contribution is 5.91. The standard InChI is InChI=1S/C25H20F2N4O3/c1-14-23(34-25(33)30-22(15-8-9-15)16-4-2-5-17(26)10-16)19-6-3-7-20(27)21(19)24(32)31(14)18-11-28-13-29-12-18/h2-7,10-13,15,22H,8-9H2,1H3,(H,30,33)/t22-/m0/s1. The highest BCUT2D eigenvalue weighted by atomic mass is 19.1. The first-order valence-electron chi connectivity index (χ1n) is 10.8. The number of halogens is 2. The molecule has 172 valence electrons. The van der Waals surface area contributed by atoms with Gasteiger partial charge in [0, 0.05) is 5.39 Å². The van der Waals surface area contributed by atoms with Crippen LogP contribution in [0, 0.1) is 24.5 Å². The van der Waals surface area contributed by atoms with Crippen molar-refractivity contribution in [1.82, 2.24) is 19.9 Å². The van der Waals surface area contributed by atoms with Crippen molar-refractivity contribution in [3.63, 3.8) is 0 Å². The molecular formula is C25H20F2N4O3. The number of nitrogens with one attached hydrogen (secondary N) is 1. The molecule has 2 aromatic heterocycles. The van der Waals surface area contributed by atoms with Crippen molar-refractivity contribution in [2.45, 2.75) is 25.8 Å². The number of hydrogen-bond donors (Lipinski definition) is 1. The van der Waals surface area contributed by atoms with Gasteiger partial charge in [-0.2, -0.15) is 0 Å². The molecule has 34 heavy (non-hydrogen) atoms. The molecule has 0 radical (unpaired) electrons. The van der Waals surface area contributed by atoms with E-state index in [1.54, 1.807) is 19.1 Å². The molecule has 0 spiro atoms. The van der Waals surface area contributed by atoms with Crippen LogP contribution in [0.2, 0.25) is 0 Å². The van der Waals surface area contributed by atoms with Gasteiger partial charge in [-0.15, -0.1) is 0 Å². The van der Waals surface area contributed by atoms with Gasteiger partial charge in [-0.3, -0.25) is 9.36 Å². The zero-order valence-corrected chi connectivity index (χ0v) is 18.2. The number of rotatable bonds is 5. The van der Waals surface area contributed by atoms with E-state index in [4.69, 9.17) is 4.74 Å². The summed E-state index contributed by atoms with van der Waals surface area (Å²) in [7, 11) is 0. The van der Waals surface area contributed by atoms with Crippen LogP contribution >= 0.6 is 0 Å². The van der Waals surface area contributed by atoms with E-state index in [1.165, 1.54) is 53.6 Å². The third-order valence-corrected chi connectivity index (χ3v) is 5.91. The summed E-state index contributed by atoms with van der Waals surface area (Å²) in [5.41, 5.74) is 0.597. The van der Waals surface area contributed by atoms with Crippen LogP contribution in [-0.2, 0) is 0 Å². The van der Waals surface area contributed by atoms with Gasteiger partial charge < -0.3 is 10.1 Å². The average Bonchev–Trinajstić information content (AvgIpc) is 3.66. The molecular weight excluding hydrogens is 442 g/mol. The maximum absolute atomic E-state index is 14.7. The third-order valence-electron chi connectivity index (χ3n) is 5.91. The number of carbonyl (C=O) groups is 1. The SMILES string of the molecule is Cc1c(OC(=O)N[C@H](c2cccc(F)c2)C2CC2)c2cccc(F)c2c(=O)n1-c1cncnc1. The molecule has 4 aromatic rings. The van der Waals surface area contributed by atoms with E-state index in [0.29, 0.717) is 11.3 Å². The van der Waals surface area contributed by atoms with E-state index < -0.39 is 29.3 Å². The van der Waals surface area contributed by atoms with E-state index >= 15 is 0 Å². The van der Waals surface area contributed by atoms with Crippen molar-refractivity contribution in [2.24, 2.45) is 5.92 Å². The lowest BCUT2D eigenvalue weighted by Gasteiger charge is -2.21. The summed E-state index contributed by atoms with van der Waals surface area (Å²) in [5, 5.41) is 2.77. The van der Waals surface area contributed by atoms with E-state index in [9.17, 15) is 18.4 Å². The van der Waals surface area contributed by atoms with Crippen LogP contribution in [0.5, 0.6) is 5.75 Å². The molecule has 0 bridgehead atoms. The van der Waals surface area contributed by atoms with Crippen molar-refractivity contribution in [2.75, 3.05) is 0 Å². The second-order valence-electron chi connectivity index (χ2n) is 8.22. The second-order valence-corrected chi connectivity index (χ2v) is 8.22. The normalized spacial score (nSPS) is 14.1. The minimum Gasteiger partial charge on any atom is -0.408 e. The Bertz CT molecular complexity index is 1450. The van der Waals surface area contributed by atoms with Crippen LogP contribution in [0.1, 0.15) is 30.1 Å². The molecule has 1 saturated carbocycles. The predicted octanol–water partition coefficient (Wildman–Crippen LogP) is 4.61. The van der Waals surface area contributed by atoms with Crippen LogP contribution < -0.4 is 15.6 Å². The number of nitrogens with zero attached hydrogens (tertiary/aromatic N) is 3. The van der Waals surface area contributed by atoms with Crippen LogP contribution in [0.15, 0.2) is 66.0 Å². The number of ether oxygens (including phenoxy) is 1. The van der Waals surface area contributed by atoms with Gasteiger partial charge in [-0.25, -0.2) is 23.5 Å². The smallest absolute Gasteiger partial charge is 0.408 e. The molecule has 5 rings (SSSR count). The lowest BCUT2D eigenvalue weighted by atomic mass is 10.0. The molecule has 0 saturated heterocycles. The van der Waals surface area contributed by atoms with E-state index in [-0.39, 0.29) is 28.1 Å². The van der Waals surface area contributed by atoms with Gasteiger partial charge in [0.1, 0.15) is 18.0 Å². The Hall–Kier alpha value is -4.14. The lowest BCUT2D eigenvalue weighted by molar-refractivity contribution is 0.194. The van der Waals surface area contributed by atoms with Gasteiger partial charge in [0.25, 0.3) is 5.56 Å². The minimum atomic E-state index is -0.788. The highest BCUT2D eigenvalue weighted by Crippen LogP contribution is 2.41. The highest BCUT2D eigenvalue weighted by Gasteiger charge is 2.34. The van der Waals surface area contributed by atoms with Gasteiger partial charge in [0.05, 0.1) is 35.2 Å². The molecule has 1 fully saturated rings. The second kappa shape index (κ2) is 8.66. The molecule has 0 unspecified atom stereocenters. The van der Waals surface area contributed by atoms with Crippen molar-refractivity contribution in [3.05, 3.63) is 94.4 Å². The lowest BCUT2D eigenvalue weighted by Crippen LogP contribution is -2.33. The molecule has 2 heterocycles. The average molecular weight is 462 g/mol. The summed E-state index contributed by atoms with van der Waals surface area (Å²) in [4.78, 5) is 34.0. The van der Waals surface area contributed by atoms with Gasteiger partial charge >= 0.3 is 6.09 Å². The van der Waals surface area contributed by atoms with Crippen LogP contribution in [0.25, 0.3) is 16.5 Å². The van der Waals surface area contributed by atoms with Crippen LogP contribution in [0.3, 0.4) is 0 Å². The van der Waals surface area contributed by atoms with Crippen molar-refractivity contribution in [1.29, 1.82) is 0 Å². The van der Waals surface area contributed by atoms with Crippen molar-refractivity contribution < 1.29 is 18.3 Å². The quantitative estimate of drug-likeness (QED) is 0.468. The summed E-state index contributed by atoms with van der Waals surface area (Å²) in [6.45, 7) is 1.59. The Morgan fingerprint density at radius 1 is 1.15 bits per heavy atom. The largest absolute Gasteiger partial charge is 0.413 e. The van der Waals surface area contributed by atoms with Crippen molar-refractivity contribution in [3.8, 4) is 11.4 Å². The zero-order chi connectivity index (χ0) is 23.8. The van der Waals surface area contributed by atoms with Gasteiger partial charge in [0.2, 0.25) is 0 Å². The molecule has 7 nitrogen and oxygen atoms in total. The van der Waals surface area contributed by atoms with E-state index in [0.717, 1.165) is 12.8 Å². The summed E-state index contributed by atoms with van der Waals surface area (Å²) in [6, 6.07) is 9.76. The first-order valence-corrected chi connectivity index (χ1v) is 10.8. The molecule has 1 aliphatic carbocycles. The van der Waals surface area contributed by atoms with Crippen LogP contribution in [-0.4, -0.2) is 20.6 Å². The monoisotopic (exact) mass is 462 g/mol. The topological polar surface area (TPSA) is 86.1 Å². The predicted molar refractivity (Wildman–Crippen MR) is 121 cm³/mol. The molecule has 1 N–H and O–H groups in total. The molecule has 2 aromatic carbocycles. The summed E-state index contributed by atoms with van der Waals surface area (Å²) in [6.07, 6.45) is 5.13. The Labute approximate surface area is 193 Å². The Morgan fingerprint density at radius 3 is 2.59 bits per heavy atom. The summed E-state index contributed by atoms with van der Waals surface area (Å²) >= 11 is 0. The minimum absolute atomic E-state index is 0.0317. The number of hydrogen-bond acceptors (Lipinski definition) is 5. The Morgan fingerprint density at radius 2 is 1.88 bits per heavy atom. The van der Waals surface area contributed by atoms with Gasteiger partial charge in [0.15, 0.2) is 5.75 Å². The fourth-order valence-corrected chi connectivity index (χ4v) is 4.19. The number of pyridine rings is 1. The Kier molecular flexibility index (Phi) is 5.53. The third kappa shape index (κ3) is 4.00. The number of carbonyl (C=O) groups excluding carboxylic acids is 1. The molecule has 1 amide bonds. The van der Waals surface area contributed by atoms with Gasteiger partial charge in [-0.05, 0) is 49.4 Å². The fraction of sp³-hybridized carbons (Fsp3) is 0.200. The fourth-order valence-electron chi connectivity index (χ4n) is 4.19. The maximum Gasteiger partial charge on any atom is 0.413 e. The molecule has 9 heteroatoms. The van der Waals surface area contributed by atoms with E-state index in [1.807, 2.05) is 0 Å². The van der Waals surface area contributed by atoms with E-state index in [2.05, 4.69) is 15.3 Å². The number of amides is 1. The maximum atomic E-state index is 14.7.